The lowest BCUT2D eigenvalue weighted by atomic mass is 10.1. The van der Waals surface area contributed by atoms with E-state index in [-0.39, 0.29) is 24.1 Å². The second kappa shape index (κ2) is 7.61. The number of amides is 3. The van der Waals surface area contributed by atoms with Gasteiger partial charge in [0.1, 0.15) is 0 Å². The van der Waals surface area contributed by atoms with Crippen molar-refractivity contribution in [3.8, 4) is 0 Å². The third-order valence-corrected chi connectivity index (χ3v) is 4.88. The minimum atomic E-state index is -0.503. The molecule has 2 N–H and O–H groups in total. The number of anilines is 1. The number of benzene rings is 2. The van der Waals surface area contributed by atoms with Crippen LogP contribution in [0, 0.1) is 26.7 Å². The van der Waals surface area contributed by atoms with Gasteiger partial charge in [-0.25, -0.2) is 0 Å². The van der Waals surface area contributed by atoms with Crippen LogP contribution in [-0.4, -0.2) is 24.3 Å². The number of carbonyl (C=O) groups excluding carboxylic acids is 3. The fourth-order valence-corrected chi connectivity index (χ4v) is 3.11. The maximum atomic E-state index is 12.4. The maximum Gasteiger partial charge on any atom is 0.269 e. The monoisotopic (exact) mass is 365 g/mol. The average Bonchev–Trinajstić information content (AvgIpc) is 3.03. The summed E-state index contributed by atoms with van der Waals surface area (Å²) >= 11 is 0. The molecular formula is C21H23N3O3. The van der Waals surface area contributed by atoms with Gasteiger partial charge in [-0.05, 0) is 56.2 Å². The number of hydrogen-bond donors (Lipinski definition) is 2. The fourth-order valence-electron chi connectivity index (χ4n) is 3.11. The largest absolute Gasteiger partial charge is 0.312 e. The smallest absolute Gasteiger partial charge is 0.269 e. The molecule has 140 valence electrons. The van der Waals surface area contributed by atoms with E-state index >= 15 is 0 Å². The predicted octanol–water partition coefficient (Wildman–Crippen LogP) is 2.43. The van der Waals surface area contributed by atoms with Crippen molar-refractivity contribution < 1.29 is 14.4 Å². The molecule has 2 aromatic carbocycles. The topological polar surface area (TPSA) is 78.5 Å². The Morgan fingerprint density at radius 1 is 1.00 bits per heavy atom. The summed E-state index contributed by atoms with van der Waals surface area (Å²) in [6.07, 6.45) is 0.124. The van der Waals surface area contributed by atoms with Crippen LogP contribution in [0.5, 0.6) is 0 Å². The Morgan fingerprint density at radius 3 is 2.48 bits per heavy atom. The molecule has 3 rings (SSSR count). The van der Waals surface area contributed by atoms with E-state index in [9.17, 15) is 14.4 Å². The van der Waals surface area contributed by atoms with E-state index in [0.717, 1.165) is 22.4 Å². The number of hydrogen-bond acceptors (Lipinski definition) is 3. The Hall–Kier alpha value is -3.15. The molecule has 0 spiro atoms. The normalized spacial score (nSPS) is 16.3. The van der Waals surface area contributed by atoms with Crippen molar-refractivity contribution in [2.45, 2.75) is 27.2 Å². The molecule has 6 heteroatoms. The van der Waals surface area contributed by atoms with E-state index in [0.29, 0.717) is 12.1 Å². The van der Waals surface area contributed by atoms with E-state index in [4.69, 9.17) is 0 Å². The molecule has 2 aromatic rings. The summed E-state index contributed by atoms with van der Waals surface area (Å²) in [5.41, 5.74) is 9.32. The number of carbonyl (C=O) groups is 3. The summed E-state index contributed by atoms with van der Waals surface area (Å²) in [5.74, 6) is -1.35. The maximum absolute atomic E-state index is 12.4. The summed E-state index contributed by atoms with van der Waals surface area (Å²) in [5, 5.41) is 0. The highest BCUT2D eigenvalue weighted by molar-refractivity contribution is 6.01. The molecule has 1 fully saturated rings. The first-order chi connectivity index (χ1) is 12.8. The van der Waals surface area contributed by atoms with Crippen molar-refractivity contribution in [2.24, 2.45) is 5.92 Å². The van der Waals surface area contributed by atoms with Gasteiger partial charge < -0.3 is 4.90 Å². The molecule has 0 aliphatic carbocycles. The first kappa shape index (κ1) is 18.6. The van der Waals surface area contributed by atoms with Crippen LogP contribution in [0.1, 0.15) is 33.5 Å². The molecule has 0 unspecified atom stereocenters. The van der Waals surface area contributed by atoms with Crippen molar-refractivity contribution >= 4 is 23.4 Å². The van der Waals surface area contributed by atoms with Gasteiger partial charge in [0, 0.05) is 24.2 Å². The second-order valence-electron chi connectivity index (χ2n) is 6.99. The molecule has 0 aromatic heterocycles. The third kappa shape index (κ3) is 4.16. The number of hydrazine groups is 1. The molecule has 27 heavy (non-hydrogen) atoms. The second-order valence-corrected chi connectivity index (χ2v) is 6.99. The van der Waals surface area contributed by atoms with Crippen LogP contribution >= 0.6 is 0 Å². The number of nitrogens with one attached hydrogen (secondary N) is 2. The standard InChI is InChI=1S/C21H23N3O3/c1-13-5-4-6-16(9-13)20(26)22-23-21(27)17-11-19(25)24(12-17)18-8-7-14(2)15(3)10-18/h4-10,17H,11-12H2,1-3H3,(H,22,26)(H,23,27)/t17-/m0/s1. The number of nitrogens with zero attached hydrogens (tertiary/aromatic N) is 1. The zero-order chi connectivity index (χ0) is 19.6. The van der Waals surface area contributed by atoms with E-state index in [1.807, 2.05) is 45.0 Å². The first-order valence-corrected chi connectivity index (χ1v) is 8.89. The lowest BCUT2D eigenvalue weighted by Gasteiger charge is -2.18. The van der Waals surface area contributed by atoms with E-state index in [2.05, 4.69) is 10.9 Å². The molecule has 0 saturated carbocycles. The van der Waals surface area contributed by atoms with Gasteiger partial charge in [-0.2, -0.15) is 0 Å². The van der Waals surface area contributed by atoms with Crippen LogP contribution in [0.2, 0.25) is 0 Å². The van der Waals surface area contributed by atoms with Gasteiger partial charge in [-0.3, -0.25) is 25.2 Å². The van der Waals surface area contributed by atoms with E-state index in [1.54, 1.807) is 23.1 Å². The highest BCUT2D eigenvalue weighted by Crippen LogP contribution is 2.26. The minimum absolute atomic E-state index is 0.0941. The van der Waals surface area contributed by atoms with Gasteiger partial charge >= 0.3 is 0 Å². The molecule has 3 amide bonds. The SMILES string of the molecule is Cc1cccc(C(=O)NNC(=O)[C@H]2CC(=O)N(c3ccc(C)c(C)c3)C2)c1. The number of rotatable bonds is 3. The Labute approximate surface area is 158 Å². The molecule has 0 bridgehead atoms. The van der Waals surface area contributed by atoms with Gasteiger partial charge in [-0.1, -0.05) is 23.8 Å². The molecular weight excluding hydrogens is 342 g/mol. The van der Waals surface area contributed by atoms with Crippen LogP contribution in [-0.2, 0) is 9.59 Å². The van der Waals surface area contributed by atoms with Crippen LogP contribution in [0.25, 0.3) is 0 Å². The molecule has 0 radical (unpaired) electrons. The first-order valence-electron chi connectivity index (χ1n) is 8.89. The van der Waals surface area contributed by atoms with Gasteiger partial charge in [-0.15, -0.1) is 0 Å². The minimum Gasteiger partial charge on any atom is -0.312 e. The van der Waals surface area contributed by atoms with E-state index in [1.165, 1.54) is 0 Å². The van der Waals surface area contributed by atoms with Crippen LogP contribution < -0.4 is 15.8 Å². The predicted molar refractivity (Wildman–Crippen MR) is 103 cm³/mol. The van der Waals surface area contributed by atoms with Crippen LogP contribution in [0.4, 0.5) is 5.69 Å². The third-order valence-electron chi connectivity index (χ3n) is 4.88. The summed E-state index contributed by atoms with van der Waals surface area (Å²) in [4.78, 5) is 38.5. The van der Waals surface area contributed by atoms with Crippen molar-refractivity contribution in [3.63, 3.8) is 0 Å². The quantitative estimate of drug-likeness (QED) is 0.820. The van der Waals surface area contributed by atoms with E-state index < -0.39 is 5.92 Å². The zero-order valence-corrected chi connectivity index (χ0v) is 15.7. The summed E-state index contributed by atoms with van der Waals surface area (Å²) in [7, 11) is 0. The van der Waals surface area contributed by atoms with Gasteiger partial charge in [0.2, 0.25) is 11.8 Å². The van der Waals surface area contributed by atoms with Crippen LogP contribution in [0.3, 0.4) is 0 Å². The van der Waals surface area contributed by atoms with Gasteiger partial charge in [0.25, 0.3) is 5.91 Å². The summed E-state index contributed by atoms with van der Waals surface area (Å²) in [6, 6.07) is 12.9. The Bertz CT molecular complexity index is 907. The lowest BCUT2D eigenvalue weighted by molar-refractivity contribution is -0.126. The average molecular weight is 365 g/mol. The Morgan fingerprint density at radius 2 is 1.78 bits per heavy atom. The van der Waals surface area contributed by atoms with Crippen molar-refractivity contribution in [1.82, 2.24) is 10.9 Å². The molecule has 1 aliphatic rings. The molecule has 1 heterocycles. The summed E-state index contributed by atoms with van der Waals surface area (Å²) < 4.78 is 0. The summed E-state index contributed by atoms with van der Waals surface area (Å²) in [6.45, 7) is 6.19. The van der Waals surface area contributed by atoms with Gasteiger partial charge in [0.05, 0.1) is 5.92 Å². The van der Waals surface area contributed by atoms with Crippen molar-refractivity contribution in [3.05, 3.63) is 64.7 Å². The molecule has 1 aliphatic heterocycles. The van der Waals surface area contributed by atoms with Crippen LogP contribution in [0.15, 0.2) is 42.5 Å². The molecule has 6 nitrogen and oxygen atoms in total. The van der Waals surface area contributed by atoms with Crippen molar-refractivity contribution in [2.75, 3.05) is 11.4 Å². The Kier molecular flexibility index (Phi) is 5.26. The fraction of sp³-hybridized carbons (Fsp3) is 0.286. The Balaban J connectivity index is 1.60. The van der Waals surface area contributed by atoms with Crippen molar-refractivity contribution in [1.29, 1.82) is 0 Å². The zero-order valence-electron chi connectivity index (χ0n) is 15.7. The number of aryl methyl sites for hydroxylation is 3. The molecule has 1 atom stereocenters. The lowest BCUT2D eigenvalue weighted by Crippen LogP contribution is -2.45. The van der Waals surface area contributed by atoms with Gasteiger partial charge in [0.15, 0.2) is 0 Å². The highest BCUT2D eigenvalue weighted by Gasteiger charge is 2.35. The highest BCUT2D eigenvalue weighted by atomic mass is 16.2. The molecule has 1 saturated heterocycles.